The van der Waals surface area contributed by atoms with Gasteiger partial charge in [-0.3, -0.25) is 0 Å². The molecule has 3 rings (SSSR count). The van der Waals surface area contributed by atoms with E-state index in [9.17, 15) is 0 Å². The monoisotopic (exact) mass is 196 g/mol. The molecule has 0 aromatic carbocycles. The molecule has 0 aromatic rings. The van der Waals surface area contributed by atoms with Crippen molar-refractivity contribution in [2.45, 2.75) is 74.8 Å². The highest BCUT2D eigenvalue weighted by Crippen LogP contribution is 2.66. The van der Waals surface area contributed by atoms with E-state index in [4.69, 9.17) is 0 Å². The average Bonchev–Trinajstić information content (AvgIpc) is 2.19. The van der Waals surface area contributed by atoms with Gasteiger partial charge in [0, 0.05) is 0 Å². The first-order valence-corrected chi connectivity index (χ1v) is 7.77. The maximum absolute atomic E-state index is 1.61. The van der Waals surface area contributed by atoms with E-state index in [1.54, 1.807) is 57.8 Å². The van der Waals surface area contributed by atoms with E-state index >= 15 is 0 Å². The Balaban J connectivity index is 1.82. The van der Waals surface area contributed by atoms with Crippen LogP contribution in [0.5, 0.6) is 0 Å². The first-order valence-electron chi connectivity index (χ1n) is 6.22. The molecule has 0 bridgehead atoms. The van der Waals surface area contributed by atoms with Crippen LogP contribution in [-0.4, -0.2) is 17.0 Å². The Hall–Kier alpha value is 0.430. The zero-order valence-electron chi connectivity index (χ0n) is 8.54. The van der Waals surface area contributed by atoms with E-state index in [-0.39, 0.29) is 0 Å². The lowest BCUT2D eigenvalue weighted by Gasteiger charge is -2.49. The smallest absolute Gasteiger partial charge is 0.0204 e. The molecule has 0 N–H and O–H groups in total. The largest absolute Gasteiger partial charge is 0.0971 e. The van der Waals surface area contributed by atoms with Crippen LogP contribution in [0.3, 0.4) is 0 Å². The average molecular weight is 196 g/mol. The SMILES string of the molecule is C1CC2CCCC3CCCC(C1)P23. The molecule has 3 heterocycles. The van der Waals surface area contributed by atoms with Crippen molar-refractivity contribution in [1.82, 2.24) is 0 Å². The normalized spacial score (nSPS) is 49.8. The molecule has 0 spiro atoms. The molecule has 0 atom stereocenters. The summed E-state index contributed by atoms with van der Waals surface area (Å²) in [5.74, 6) is 0. The van der Waals surface area contributed by atoms with Crippen LogP contribution in [0.25, 0.3) is 0 Å². The van der Waals surface area contributed by atoms with Crippen LogP contribution in [-0.2, 0) is 0 Å². The van der Waals surface area contributed by atoms with Gasteiger partial charge in [-0.2, -0.15) is 0 Å². The van der Waals surface area contributed by atoms with Crippen molar-refractivity contribution in [1.29, 1.82) is 0 Å². The van der Waals surface area contributed by atoms with Crippen molar-refractivity contribution in [3.63, 3.8) is 0 Å². The highest BCUT2D eigenvalue weighted by molar-refractivity contribution is 7.60. The van der Waals surface area contributed by atoms with Crippen molar-refractivity contribution in [3.8, 4) is 0 Å². The lowest BCUT2D eigenvalue weighted by atomic mass is 9.97. The molecule has 0 nitrogen and oxygen atoms in total. The first kappa shape index (κ1) is 8.72. The lowest BCUT2D eigenvalue weighted by molar-refractivity contribution is 0.441. The van der Waals surface area contributed by atoms with Crippen molar-refractivity contribution in [3.05, 3.63) is 0 Å². The van der Waals surface area contributed by atoms with Gasteiger partial charge in [-0.25, -0.2) is 0 Å². The summed E-state index contributed by atoms with van der Waals surface area (Å²) >= 11 is 0. The van der Waals surface area contributed by atoms with E-state index in [1.165, 1.54) is 17.0 Å². The van der Waals surface area contributed by atoms with Gasteiger partial charge in [0.1, 0.15) is 0 Å². The number of rotatable bonds is 0. The van der Waals surface area contributed by atoms with Gasteiger partial charge in [0.2, 0.25) is 0 Å². The summed E-state index contributed by atoms with van der Waals surface area (Å²) in [6.45, 7) is 0. The predicted molar refractivity (Wildman–Crippen MR) is 59.8 cm³/mol. The fourth-order valence-electron chi connectivity index (χ4n) is 3.99. The number of hydrogen-bond acceptors (Lipinski definition) is 0. The van der Waals surface area contributed by atoms with Gasteiger partial charge in [0.15, 0.2) is 0 Å². The second-order valence-corrected chi connectivity index (χ2v) is 8.29. The molecule has 0 radical (unpaired) electrons. The topological polar surface area (TPSA) is 0 Å². The van der Waals surface area contributed by atoms with Crippen molar-refractivity contribution < 1.29 is 0 Å². The Bertz CT molecular complexity index is 144. The Morgan fingerprint density at radius 2 is 0.846 bits per heavy atom. The van der Waals surface area contributed by atoms with E-state index in [1.807, 2.05) is 0 Å². The molecule has 3 aliphatic rings. The predicted octanol–water partition coefficient (Wildman–Crippen LogP) is 4.13. The summed E-state index contributed by atoms with van der Waals surface area (Å²) in [6.07, 6.45) is 14.4. The van der Waals surface area contributed by atoms with E-state index < -0.39 is 0 Å². The van der Waals surface area contributed by atoms with E-state index in [2.05, 4.69) is 0 Å². The molecular formula is C12H21P. The molecule has 0 saturated carbocycles. The summed E-state index contributed by atoms with van der Waals surface area (Å²) in [5.41, 5.74) is 3.69. The molecule has 0 aliphatic carbocycles. The third kappa shape index (κ3) is 1.46. The van der Waals surface area contributed by atoms with Gasteiger partial charge in [-0.15, -0.1) is 0 Å². The molecule has 1 heteroatoms. The Morgan fingerprint density at radius 3 is 1.15 bits per heavy atom. The molecule has 3 saturated heterocycles. The molecule has 3 aliphatic heterocycles. The van der Waals surface area contributed by atoms with Gasteiger partial charge in [-0.1, -0.05) is 27.2 Å². The van der Waals surface area contributed by atoms with Gasteiger partial charge in [0.05, 0.1) is 0 Å². The Morgan fingerprint density at radius 1 is 0.538 bits per heavy atom. The molecule has 13 heavy (non-hydrogen) atoms. The summed E-state index contributed by atoms with van der Waals surface area (Å²) in [5, 5.41) is 0. The molecule has 0 unspecified atom stereocenters. The zero-order valence-corrected chi connectivity index (χ0v) is 9.44. The van der Waals surface area contributed by atoms with Crippen LogP contribution in [0.15, 0.2) is 0 Å². The fourth-order valence-corrected chi connectivity index (χ4v) is 8.66. The minimum Gasteiger partial charge on any atom is -0.0971 e. The molecular weight excluding hydrogens is 175 g/mol. The fraction of sp³-hybridized carbons (Fsp3) is 1.00. The van der Waals surface area contributed by atoms with Crippen LogP contribution in [0, 0.1) is 0 Å². The Labute approximate surface area is 83.2 Å². The van der Waals surface area contributed by atoms with Crippen LogP contribution in [0.4, 0.5) is 0 Å². The van der Waals surface area contributed by atoms with Crippen LogP contribution < -0.4 is 0 Å². The maximum Gasteiger partial charge on any atom is -0.0204 e. The van der Waals surface area contributed by atoms with Crippen LogP contribution in [0.1, 0.15) is 57.8 Å². The van der Waals surface area contributed by atoms with Gasteiger partial charge < -0.3 is 0 Å². The van der Waals surface area contributed by atoms with Crippen molar-refractivity contribution in [2.75, 3.05) is 0 Å². The molecule has 0 aromatic heterocycles. The molecule has 3 fully saturated rings. The summed E-state index contributed by atoms with van der Waals surface area (Å²) in [7, 11) is 0.516. The summed E-state index contributed by atoms with van der Waals surface area (Å²) in [6, 6.07) is 0. The second-order valence-electron chi connectivity index (χ2n) is 5.20. The van der Waals surface area contributed by atoms with Gasteiger partial charge in [0.25, 0.3) is 0 Å². The third-order valence-corrected chi connectivity index (χ3v) is 8.57. The Kier molecular flexibility index (Phi) is 2.37. The zero-order chi connectivity index (χ0) is 8.67. The van der Waals surface area contributed by atoms with Crippen LogP contribution in [0.2, 0.25) is 0 Å². The van der Waals surface area contributed by atoms with Gasteiger partial charge in [-0.05, 0) is 55.5 Å². The highest BCUT2D eigenvalue weighted by Gasteiger charge is 2.41. The first-order chi connectivity index (χ1) is 6.45. The quantitative estimate of drug-likeness (QED) is 0.511. The molecule has 0 amide bonds. The van der Waals surface area contributed by atoms with Crippen molar-refractivity contribution >= 4 is 7.92 Å². The minimum atomic E-state index is 0.516. The highest BCUT2D eigenvalue weighted by atomic mass is 31.1. The lowest BCUT2D eigenvalue weighted by Crippen LogP contribution is -2.34. The van der Waals surface area contributed by atoms with Crippen LogP contribution >= 0.6 is 7.92 Å². The molecule has 74 valence electrons. The summed E-state index contributed by atoms with van der Waals surface area (Å²) < 4.78 is 0. The third-order valence-electron chi connectivity index (χ3n) is 4.49. The summed E-state index contributed by atoms with van der Waals surface area (Å²) in [4.78, 5) is 0. The maximum atomic E-state index is 1.61. The standard InChI is InChI=1S/C12H21P/c1-4-10-6-2-8-12-9-3-7-11(5-1)13(10)12/h10-12H,1-9H2. The minimum absolute atomic E-state index is 0.516. The van der Waals surface area contributed by atoms with Gasteiger partial charge >= 0.3 is 0 Å². The van der Waals surface area contributed by atoms with E-state index in [0.717, 1.165) is 0 Å². The second kappa shape index (κ2) is 3.54. The number of hydrogen-bond donors (Lipinski definition) is 0. The van der Waals surface area contributed by atoms with E-state index in [0.29, 0.717) is 7.92 Å². The van der Waals surface area contributed by atoms with Crippen molar-refractivity contribution in [2.24, 2.45) is 0 Å².